The first-order valence-electron chi connectivity index (χ1n) is 5.68. The van der Waals surface area contributed by atoms with Gasteiger partial charge in [0.15, 0.2) is 0 Å². The quantitative estimate of drug-likeness (QED) is 0.471. The lowest BCUT2D eigenvalue weighted by atomic mass is 10.1. The van der Waals surface area contributed by atoms with Crippen molar-refractivity contribution in [2.24, 2.45) is 0 Å². The number of amides is 1. The van der Waals surface area contributed by atoms with Crippen molar-refractivity contribution in [3.63, 3.8) is 0 Å². The first kappa shape index (κ1) is 12.0. The largest absolute Gasteiger partial charge is 0.305 e. The standard InChI is InChI=1S/C13H7N3O4/c17-12-9-3-1-2-4-10(9)15(13(12)18)11-6-5-8(7-14-11)16(19)20/h1-7H. The number of rotatable bonds is 2. The van der Waals surface area contributed by atoms with Crippen LogP contribution in [0.5, 0.6) is 0 Å². The minimum atomic E-state index is -0.715. The van der Waals surface area contributed by atoms with Crippen molar-refractivity contribution >= 4 is 28.9 Å². The summed E-state index contributed by atoms with van der Waals surface area (Å²) in [6, 6.07) is 9.12. The molecule has 2 aromatic rings. The third kappa shape index (κ3) is 1.64. The molecule has 0 N–H and O–H groups in total. The lowest BCUT2D eigenvalue weighted by molar-refractivity contribution is -0.385. The van der Waals surface area contributed by atoms with Gasteiger partial charge in [0.25, 0.3) is 11.5 Å². The summed E-state index contributed by atoms with van der Waals surface area (Å²) >= 11 is 0. The van der Waals surface area contributed by atoms with E-state index in [0.29, 0.717) is 11.3 Å². The molecule has 1 aromatic heterocycles. The van der Waals surface area contributed by atoms with Gasteiger partial charge in [-0.15, -0.1) is 0 Å². The van der Waals surface area contributed by atoms with Gasteiger partial charge >= 0.3 is 5.91 Å². The number of carbonyl (C=O) groups excluding carboxylic acids is 2. The number of benzene rings is 1. The van der Waals surface area contributed by atoms with E-state index in [4.69, 9.17) is 0 Å². The lowest BCUT2D eigenvalue weighted by Gasteiger charge is -2.14. The average molecular weight is 269 g/mol. The first-order valence-corrected chi connectivity index (χ1v) is 5.68. The van der Waals surface area contributed by atoms with Crippen LogP contribution in [0.4, 0.5) is 17.2 Å². The molecule has 1 aromatic carbocycles. The van der Waals surface area contributed by atoms with Gasteiger partial charge in [0.05, 0.1) is 16.2 Å². The van der Waals surface area contributed by atoms with Gasteiger partial charge in [0, 0.05) is 6.07 Å². The van der Waals surface area contributed by atoms with Crippen molar-refractivity contribution in [2.45, 2.75) is 0 Å². The molecule has 2 heterocycles. The third-order valence-electron chi connectivity index (χ3n) is 2.96. The molecule has 1 aliphatic rings. The monoisotopic (exact) mass is 269 g/mol. The Hall–Kier alpha value is -3.09. The number of hydrogen-bond acceptors (Lipinski definition) is 5. The van der Waals surface area contributed by atoms with Gasteiger partial charge in [-0.25, -0.2) is 4.98 Å². The maximum absolute atomic E-state index is 12.0. The number of pyridine rings is 1. The Balaban J connectivity index is 2.08. The number of Topliss-reactive ketones (excluding diaryl/α,β-unsaturated/α-hetero) is 1. The molecule has 1 amide bonds. The van der Waals surface area contributed by atoms with Gasteiger partial charge in [0.1, 0.15) is 12.0 Å². The molecule has 0 saturated carbocycles. The van der Waals surface area contributed by atoms with Crippen molar-refractivity contribution in [1.29, 1.82) is 0 Å². The van der Waals surface area contributed by atoms with E-state index in [9.17, 15) is 19.7 Å². The summed E-state index contributed by atoms with van der Waals surface area (Å²) in [6.07, 6.45) is 1.05. The summed E-state index contributed by atoms with van der Waals surface area (Å²) in [5.74, 6) is -1.15. The van der Waals surface area contributed by atoms with E-state index in [2.05, 4.69) is 4.98 Å². The molecule has 20 heavy (non-hydrogen) atoms. The van der Waals surface area contributed by atoms with Gasteiger partial charge < -0.3 is 0 Å². The highest BCUT2D eigenvalue weighted by Gasteiger charge is 2.37. The van der Waals surface area contributed by atoms with E-state index in [-0.39, 0.29) is 11.5 Å². The number of nitro groups is 1. The fourth-order valence-corrected chi connectivity index (χ4v) is 2.03. The molecule has 0 atom stereocenters. The van der Waals surface area contributed by atoms with Crippen LogP contribution in [-0.2, 0) is 4.79 Å². The van der Waals surface area contributed by atoms with Crippen molar-refractivity contribution in [1.82, 2.24) is 4.98 Å². The van der Waals surface area contributed by atoms with Crippen LogP contribution >= 0.6 is 0 Å². The van der Waals surface area contributed by atoms with E-state index in [0.717, 1.165) is 11.1 Å². The Morgan fingerprint density at radius 1 is 1.10 bits per heavy atom. The highest BCUT2D eigenvalue weighted by Crippen LogP contribution is 2.34. The van der Waals surface area contributed by atoms with E-state index < -0.39 is 16.6 Å². The fraction of sp³-hybridized carbons (Fsp3) is 0. The number of anilines is 2. The second-order valence-electron chi connectivity index (χ2n) is 4.12. The molecular weight excluding hydrogens is 262 g/mol. The van der Waals surface area contributed by atoms with Crippen LogP contribution < -0.4 is 4.90 Å². The topological polar surface area (TPSA) is 93.4 Å². The minimum absolute atomic E-state index is 0.180. The minimum Gasteiger partial charge on any atom is -0.283 e. The average Bonchev–Trinajstić information content (AvgIpc) is 2.72. The Kier molecular flexibility index (Phi) is 2.53. The summed E-state index contributed by atoms with van der Waals surface area (Å²) in [5, 5.41) is 10.6. The molecule has 7 nitrogen and oxygen atoms in total. The highest BCUT2D eigenvalue weighted by atomic mass is 16.6. The molecule has 0 bridgehead atoms. The molecule has 0 spiro atoms. The summed E-state index contributed by atoms with van der Waals surface area (Å²) in [7, 11) is 0. The van der Waals surface area contributed by atoms with Gasteiger partial charge in [-0.3, -0.25) is 24.6 Å². The zero-order valence-electron chi connectivity index (χ0n) is 10.0. The van der Waals surface area contributed by atoms with E-state index >= 15 is 0 Å². The Labute approximate surface area is 112 Å². The molecular formula is C13H7N3O4. The van der Waals surface area contributed by atoms with Crippen LogP contribution in [0.15, 0.2) is 42.6 Å². The second kappa shape index (κ2) is 4.23. The molecule has 98 valence electrons. The van der Waals surface area contributed by atoms with Crippen LogP contribution in [-0.4, -0.2) is 21.6 Å². The predicted molar refractivity (Wildman–Crippen MR) is 68.8 cm³/mol. The Bertz CT molecular complexity index is 740. The molecule has 7 heteroatoms. The van der Waals surface area contributed by atoms with Crippen molar-refractivity contribution in [3.8, 4) is 0 Å². The number of aromatic nitrogens is 1. The van der Waals surface area contributed by atoms with E-state index in [1.165, 1.54) is 12.1 Å². The van der Waals surface area contributed by atoms with E-state index in [1.807, 2.05) is 0 Å². The lowest BCUT2D eigenvalue weighted by Crippen LogP contribution is -2.25. The molecule has 3 rings (SSSR count). The summed E-state index contributed by atoms with van der Waals surface area (Å²) in [6.45, 7) is 0. The van der Waals surface area contributed by atoms with Crippen LogP contribution in [0.1, 0.15) is 10.4 Å². The predicted octanol–water partition coefficient (Wildman–Crippen LogP) is 1.85. The molecule has 0 fully saturated rings. The number of ketones is 1. The maximum Gasteiger partial charge on any atom is 0.305 e. The molecule has 0 radical (unpaired) electrons. The van der Waals surface area contributed by atoms with Gasteiger partial charge in [-0.1, -0.05) is 12.1 Å². The Morgan fingerprint density at radius 3 is 2.50 bits per heavy atom. The smallest absolute Gasteiger partial charge is 0.283 e. The number of nitrogens with zero attached hydrogens (tertiary/aromatic N) is 3. The van der Waals surface area contributed by atoms with E-state index in [1.54, 1.807) is 24.3 Å². The maximum atomic E-state index is 12.0. The summed E-state index contributed by atoms with van der Waals surface area (Å²) in [4.78, 5) is 38.8. The zero-order chi connectivity index (χ0) is 14.3. The number of fused-ring (bicyclic) bond motifs is 1. The number of para-hydroxylation sites is 1. The summed E-state index contributed by atoms with van der Waals surface area (Å²) < 4.78 is 0. The van der Waals surface area contributed by atoms with Crippen LogP contribution in [0, 0.1) is 10.1 Å². The van der Waals surface area contributed by atoms with Crippen LogP contribution in [0.3, 0.4) is 0 Å². The van der Waals surface area contributed by atoms with Crippen molar-refractivity contribution in [3.05, 3.63) is 58.3 Å². The normalized spacial score (nSPS) is 13.5. The second-order valence-corrected chi connectivity index (χ2v) is 4.12. The molecule has 0 unspecified atom stereocenters. The summed E-state index contributed by atoms with van der Waals surface area (Å²) in [5.41, 5.74) is 0.557. The first-order chi connectivity index (χ1) is 9.59. The van der Waals surface area contributed by atoms with Crippen molar-refractivity contribution in [2.75, 3.05) is 4.90 Å². The number of carbonyl (C=O) groups is 2. The zero-order valence-corrected chi connectivity index (χ0v) is 10.0. The molecule has 0 saturated heterocycles. The van der Waals surface area contributed by atoms with Crippen molar-refractivity contribution < 1.29 is 14.5 Å². The van der Waals surface area contributed by atoms with Gasteiger partial charge in [0.2, 0.25) is 0 Å². The van der Waals surface area contributed by atoms with Crippen LogP contribution in [0.2, 0.25) is 0 Å². The molecule has 1 aliphatic heterocycles. The highest BCUT2D eigenvalue weighted by molar-refractivity contribution is 6.53. The Morgan fingerprint density at radius 2 is 1.85 bits per heavy atom. The SMILES string of the molecule is O=C1C(=O)N(c2ccc([N+](=O)[O-])cn2)c2ccccc21. The van der Waals surface area contributed by atoms with Crippen LogP contribution in [0.25, 0.3) is 0 Å². The number of hydrogen-bond donors (Lipinski definition) is 0. The fourth-order valence-electron chi connectivity index (χ4n) is 2.03. The van der Waals surface area contributed by atoms with Gasteiger partial charge in [-0.05, 0) is 18.2 Å². The van der Waals surface area contributed by atoms with Gasteiger partial charge in [-0.2, -0.15) is 0 Å². The molecule has 0 aliphatic carbocycles. The third-order valence-corrected chi connectivity index (χ3v) is 2.96.